The van der Waals surface area contributed by atoms with E-state index in [1.165, 1.54) is 18.7 Å². The Hall–Kier alpha value is -4.28. The first-order valence-corrected chi connectivity index (χ1v) is 8.06. The van der Waals surface area contributed by atoms with Gasteiger partial charge in [0.05, 0.1) is 6.26 Å². The number of hydrazine groups is 2. The van der Waals surface area contributed by atoms with Gasteiger partial charge in [-0.2, -0.15) is 0 Å². The van der Waals surface area contributed by atoms with E-state index in [4.69, 9.17) is 14.9 Å². The van der Waals surface area contributed by atoms with E-state index in [0.29, 0.717) is 5.75 Å². The molecule has 0 aliphatic rings. The van der Waals surface area contributed by atoms with Crippen LogP contribution in [0.3, 0.4) is 0 Å². The number of nitrogens with two attached hydrogens (primary N) is 1. The van der Waals surface area contributed by atoms with Crippen LogP contribution in [0.15, 0.2) is 59.5 Å². The molecule has 0 bridgehead atoms. The summed E-state index contributed by atoms with van der Waals surface area (Å²) in [7, 11) is 0. The van der Waals surface area contributed by atoms with Crippen LogP contribution in [0.1, 0.15) is 10.6 Å². The number of ether oxygens (including phenoxy) is 1. The van der Waals surface area contributed by atoms with Gasteiger partial charge in [0.2, 0.25) is 0 Å². The molecule has 6 N–H and O–H groups in total. The number of nitrogens with zero attached hydrogens (tertiary/aromatic N) is 2. The predicted octanol–water partition coefficient (Wildman–Crippen LogP) is 0.931. The summed E-state index contributed by atoms with van der Waals surface area (Å²) in [4.78, 5) is 31.6. The van der Waals surface area contributed by atoms with Crippen LogP contribution in [0, 0.1) is 0 Å². The van der Waals surface area contributed by atoms with Crippen molar-refractivity contribution in [2.24, 2.45) is 0 Å². The van der Waals surface area contributed by atoms with Gasteiger partial charge < -0.3 is 14.9 Å². The lowest BCUT2D eigenvalue weighted by molar-refractivity contribution is -0.122. The molecule has 2 amide bonds. The van der Waals surface area contributed by atoms with Crippen molar-refractivity contribution >= 4 is 29.1 Å². The highest BCUT2D eigenvalue weighted by atomic mass is 16.5. The molecule has 2 aromatic heterocycles. The first-order chi connectivity index (χ1) is 13.6. The monoisotopic (exact) mass is 383 g/mol. The Bertz CT molecular complexity index is 932. The number of furan rings is 1. The number of aromatic nitrogens is 2. The van der Waals surface area contributed by atoms with E-state index in [-0.39, 0.29) is 29.7 Å². The van der Waals surface area contributed by atoms with Crippen molar-refractivity contribution in [3.63, 3.8) is 0 Å². The standard InChI is InChI=1S/C17H17N7O4/c18-14-15(22-21-13(25)9-28-11-5-2-1-3-6-11)19-10-20-16(14)23-24-17(26)12-7-4-8-27-12/h1-8,10H,9,18H2,(H,21,25)(H,24,26)(H2,19,20,22,23). The first kappa shape index (κ1) is 18.5. The molecule has 2 heterocycles. The minimum Gasteiger partial charge on any atom is -0.484 e. The Labute approximate surface area is 159 Å². The minimum atomic E-state index is -0.510. The van der Waals surface area contributed by atoms with E-state index in [0.717, 1.165) is 0 Å². The van der Waals surface area contributed by atoms with E-state index in [2.05, 4.69) is 31.7 Å². The molecule has 11 nitrogen and oxygen atoms in total. The zero-order valence-corrected chi connectivity index (χ0v) is 14.5. The molecule has 0 saturated heterocycles. The van der Waals surface area contributed by atoms with Crippen LogP contribution in [0.25, 0.3) is 0 Å². The predicted molar refractivity (Wildman–Crippen MR) is 99.9 cm³/mol. The number of hydrogen-bond donors (Lipinski definition) is 5. The number of rotatable bonds is 8. The fraction of sp³-hybridized carbons (Fsp3) is 0.0588. The van der Waals surface area contributed by atoms with Crippen LogP contribution in [0.5, 0.6) is 5.75 Å². The molecular weight excluding hydrogens is 366 g/mol. The summed E-state index contributed by atoms with van der Waals surface area (Å²) in [6.07, 6.45) is 2.58. The number of nitrogens with one attached hydrogen (secondary N) is 4. The summed E-state index contributed by atoms with van der Waals surface area (Å²) in [5, 5.41) is 0. The zero-order valence-electron chi connectivity index (χ0n) is 14.5. The van der Waals surface area contributed by atoms with E-state index in [1.807, 2.05) is 6.07 Å². The maximum absolute atomic E-state index is 11.9. The van der Waals surface area contributed by atoms with Gasteiger partial charge in [0, 0.05) is 0 Å². The van der Waals surface area contributed by atoms with Crippen LogP contribution in [0.4, 0.5) is 17.3 Å². The third kappa shape index (κ3) is 4.88. The van der Waals surface area contributed by atoms with Gasteiger partial charge in [-0.15, -0.1) is 0 Å². The molecule has 0 atom stereocenters. The summed E-state index contributed by atoms with van der Waals surface area (Å²) in [5.41, 5.74) is 15.9. The fourth-order valence-electron chi connectivity index (χ4n) is 2.01. The van der Waals surface area contributed by atoms with Gasteiger partial charge in [0.1, 0.15) is 17.8 Å². The molecule has 11 heteroatoms. The van der Waals surface area contributed by atoms with Crippen LogP contribution in [0.2, 0.25) is 0 Å². The third-order valence-electron chi connectivity index (χ3n) is 3.36. The summed E-state index contributed by atoms with van der Waals surface area (Å²) in [6.45, 7) is -0.202. The molecule has 0 saturated carbocycles. The minimum absolute atomic E-state index is 0.0755. The number of carbonyl (C=O) groups is 2. The Morgan fingerprint density at radius 1 is 1.00 bits per heavy atom. The second kappa shape index (κ2) is 8.89. The number of nitrogen functional groups attached to an aromatic ring is 1. The second-order valence-corrected chi connectivity index (χ2v) is 5.32. The number of benzene rings is 1. The number of anilines is 3. The third-order valence-corrected chi connectivity index (χ3v) is 3.36. The van der Waals surface area contributed by atoms with Gasteiger partial charge in [0.25, 0.3) is 5.91 Å². The Kier molecular flexibility index (Phi) is 5.88. The average molecular weight is 383 g/mol. The van der Waals surface area contributed by atoms with Crippen LogP contribution in [-0.4, -0.2) is 28.4 Å². The Balaban J connectivity index is 1.51. The van der Waals surface area contributed by atoms with Gasteiger partial charge in [-0.1, -0.05) is 18.2 Å². The summed E-state index contributed by atoms with van der Waals surface area (Å²) in [6, 6.07) is 12.0. The maximum Gasteiger partial charge on any atom is 0.305 e. The molecule has 0 radical (unpaired) electrons. The summed E-state index contributed by atoms with van der Waals surface area (Å²) < 4.78 is 10.3. The van der Waals surface area contributed by atoms with Crippen molar-refractivity contribution in [3.8, 4) is 5.75 Å². The van der Waals surface area contributed by atoms with Crippen molar-refractivity contribution < 1.29 is 18.7 Å². The highest BCUT2D eigenvalue weighted by molar-refractivity contribution is 5.92. The topological polar surface area (TPSA) is 156 Å². The molecule has 3 rings (SSSR count). The van der Waals surface area contributed by atoms with Gasteiger partial charge in [0.15, 0.2) is 24.0 Å². The normalized spacial score (nSPS) is 10.0. The molecule has 0 aliphatic heterocycles. The molecule has 0 fully saturated rings. The molecule has 1 aromatic carbocycles. The summed E-state index contributed by atoms with van der Waals surface area (Å²) in [5.74, 6) is -0.00137. The highest BCUT2D eigenvalue weighted by Gasteiger charge is 2.12. The molecule has 3 aromatic rings. The van der Waals surface area contributed by atoms with Crippen molar-refractivity contribution in [1.82, 2.24) is 20.8 Å². The Morgan fingerprint density at radius 3 is 2.39 bits per heavy atom. The first-order valence-electron chi connectivity index (χ1n) is 8.06. The molecule has 144 valence electrons. The Morgan fingerprint density at radius 2 is 1.71 bits per heavy atom. The van der Waals surface area contributed by atoms with E-state index in [9.17, 15) is 9.59 Å². The van der Waals surface area contributed by atoms with Crippen molar-refractivity contribution in [2.45, 2.75) is 0 Å². The SMILES string of the molecule is Nc1c(NNC(=O)COc2ccccc2)ncnc1NNC(=O)c1ccco1. The summed E-state index contributed by atoms with van der Waals surface area (Å²) >= 11 is 0. The van der Waals surface area contributed by atoms with Crippen molar-refractivity contribution in [2.75, 3.05) is 23.2 Å². The molecule has 0 aliphatic carbocycles. The van der Waals surface area contributed by atoms with Gasteiger partial charge in [-0.05, 0) is 24.3 Å². The largest absolute Gasteiger partial charge is 0.484 e. The zero-order chi connectivity index (χ0) is 19.8. The quantitative estimate of drug-likeness (QED) is 0.357. The van der Waals surface area contributed by atoms with Gasteiger partial charge in [-0.25, -0.2) is 9.97 Å². The number of hydrogen-bond acceptors (Lipinski definition) is 9. The number of para-hydroxylation sites is 1. The van der Waals surface area contributed by atoms with Crippen LogP contribution >= 0.6 is 0 Å². The van der Waals surface area contributed by atoms with Crippen molar-refractivity contribution in [3.05, 3.63) is 60.8 Å². The molecule has 0 spiro atoms. The van der Waals surface area contributed by atoms with E-state index < -0.39 is 11.8 Å². The van der Waals surface area contributed by atoms with Crippen molar-refractivity contribution in [1.29, 1.82) is 0 Å². The lowest BCUT2D eigenvalue weighted by Gasteiger charge is -2.13. The maximum atomic E-state index is 11.9. The second-order valence-electron chi connectivity index (χ2n) is 5.32. The lowest BCUT2D eigenvalue weighted by Crippen LogP contribution is -2.34. The number of carbonyl (C=O) groups excluding carboxylic acids is 2. The van der Waals surface area contributed by atoms with Crippen LogP contribution < -0.4 is 32.2 Å². The van der Waals surface area contributed by atoms with Gasteiger partial charge >= 0.3 is 5.91 Å². The molecule has 0 unspecified atom stereocenters. The molecular formula is C17H17N7O4. The van der Waals surface area contributed by atoms with E-state index >= 15 is 0 Å². The fourth-order valence-corrected chi connectivity index (χ4v) is 2.01. The average Bonchev–Trinajstić information content (AvgIpc) is 3.26. The number of amides is 2. The van der Waals surface area contributed by atoms with E-state index in [1.54, 1.807) is 30.3 Å². The highest BCUT2D eigenvalue weighted by Crippen LogP contribution is 2.20. The molecule has 28 heavy (non-hydrogen) atoms. The smallest absolute Gasteiger partial charge is 0.305 e. The lowest BCUT2D eigenvalue weighted by atomic mass is 10.3. The van der Waals surface area contributed by atoms with Crippen LogP contribution in [-0.2, 0) is 4.79 Å². The van der Waals surface area contributed by atoms with Gasteiger partial charge in [-0.3, -0.25) is 31.3 Å².